The molecule has 0 saturated heterocycles. The molecule has 1 aromatic heterocycles. The molecule has 0 atom stereocenters. The van der Waals surface area contributed by atoms with Gasteiger partial charge in [0, 0.05) is 6.07 Å². The lowest BCUT2D eigenvalue weighted by atomic mass is 10.2. The summed E-state index contributed by atoms with van der Waals surface area (Å²) in [6.45, 7) is 1.20. The number of carbonyl (C=O) groups excluding carboxylic acids is 1. The number of hydrogen-bond donors (Lipinski definition) is 0. The summed E-state index contributed by atoms with van der Waals surface area (Å²) in [5.41, 5.74) is -2.43. The van der Waals surface area contributed by atoms with Crippen LogP contribution >= 0.6 is 22.6 Å². The van der Waals surface area contributed by atoms with Gasteiger partial charge in [-0.1, -0.05) is 0 Å². The Balaban J connectivity index is 3.44. The summed E-state index contributed by atoms with van der Waals surface area (Å²) in [6.07, 6.45) is -10.3. The summed E-state index contributed by atoms with van der Waals surface area (Å²) in [7, 11) is 0. The van der Waals surface area contributed by atoms with Gasteiger partial charge in [-0.15, -0.1) is 13.2 Å². The van der Waals surface area contributed by atoms with Crippen LogP contribution in [0.5, 0.6) is 5.75 Å². The molecule has 0 aliphatic carbocycles. The minimum atomic E-state index is -5.27. The smallest absolute Gasteiger partial charge is 0.462 e. The topological polar surface area (TPSA) is 48.4 Å². The molecule has 0 saturated carbocycles. The Hall–Kier alpha value is -1.27. The van der Waals surface area contributed by atoms with E-state index < -0.39 is 39.2 Å². The zero-order valence-corrected chi connectivity index (χ0v) is 12.3. The van der Waals surface area contributed by atoms with E-state index in [0.717, 1.165) is 0 Å². The number of nitrogens with zero attached hydrogens (tertiary/aromatic N) is 1. The fourth-order valence-corrected chi connectivity index (χ4v) is 1.98. The van der Waals surface area contributed by atoms with Crippen molar-refractivity contribution < 1.29 is 40.6 Å². The molecule has 11 heteroatoms. The Bertz CT molecular complexity index is 543. The standard InChI is InChI=1S/C10H6F6INO3/c1-2-20-8(19)6-4(21-10(14,15)16)3-5(9(11,12)13)18-7(6)17/h3H,2H2,1H3. The van der Waals surface area contributed by atoms with Crippen molar-refractivity contribution >= 4 is 28.6 Å². The van der Waals surface area contributed by atoms with E-state index in [1.807, 2.05) is 0 Å². The summed E-state index contributed by atoms with van der Waals surface area (Å²) < 4.78 is 81.7. The number of hydrogen-bond acceptors (Lipinski definition) is 4. The van der Waals surface area contributed by atoms with Gasteiger partial charge in [0.25, 0.3) is 0 Å². The molecule has 118 valence electrons. The van der Waals surface area contributed by atoms with E-state index in [2.05, 4.69) is 14.5 Å². The molecule has 0 fully saturated rings. The van der Waals surface area contributed by atoms with Crippen LogP contribution in [0.4, 0.5) is 26.3 Å². The van der Waals surface area contributed by atoms with Crippen molar-refractivity contribution in [2.45, 2.75) is 19.5 Å². The Morgan fingerprint density at radius 1 is 1.29 bits per heavy atom. The Labute approximate surface area is 127 Å². The van der Waals surface area contributed by atoms with Crippen LogP contribution in [0.15, 0.2) is 6.07 Å². The van der Waals surface area contributed by atoms with Crippen molar-refractivity contribution in [2.75, 3.05) is 6.61 Å². The van der Waals surface area contributed by atoms with Gasteiger partial charge in [-0.2, -0.15) is 13.2 Å². The van der Waals surface area contributed by atoms with E-state index in [1.165, 1.54) is 29.5 Å². The molecule has 0 aliphatic rings. The van der Waals surface area contributed by atoms with Crippen LogP contribution in [0.25, 0.3) is 0 Å². The number of halogens is 7. The van der Waals surface area contributed by atoms with Gasteiger partial charge in [-0.25, -0.2) is 9.78 Å². The highest BCUT2D eigenvalue weighted by Crippen LogP contribution is 2.35. The van der Waals surface area contributed by atoms with Gasteiger partial charge in [-0.05, 0) is 29.5 Å². The zero-order valence-electron chi connectivity index (χ0n) is 10.1. The number of pyridine rings is 1. The molecular weight excluding hydrogens is 423 g/mol. The fourth-order valence-electron chi connectivity index (χ4n) is 1.23. The van der Waals surface area contributed by atoms with E-state index >= 15 is 0 Å². The van der Waals surface area contributed by atoms with Crippen LogP contribution < -0.4 is 4.74 Å². The molecule has 0 unspecified atom stereocenters. The lowest BCUT2D eigenvalue weighted by Gasteiger charge is -2.15. The lowest BCUT2D eigenvalue weighted by molar-refractivity contribution is -0.275. The SMILES string of the molecule is CCOC(=O)c1c(OC(F)(F)F)cc(C(F)(F)F)nc1I. The van der Waals surface area contributed by atoms with Crippen molar-refractivity contribution in [2.24, 2.45) is 0 Å². The molecular formula is C10H6F6INO3. The highest BCUT2D eigenvalue weighted by molar-refractivity contribution is 14.1. The Morgan fingerprint density at radius 2 is 1.86 bits per heavy atom. The summed E-state index contributed by atoms with van der Waals surface area (Å²) in [5.74, 6) is -2.57. The molecule has 0 N–H and O–H groups in total. The van der Waals surface area contributed by atoms with Crippen molar-refractivity contribution in [3.8, 4) is 5.75 Å². The highest BCUT2D eigenvalue weighted by Gasteiger charge is 2.39. The van der Waals surface area contributed by atoms with E-state index in [-0.39, 0.29) is 12.7 Å². The van der Waals surface area contributed by atoms with Gasteiger partial charge >= 0.3 is 18.5 Å². The molecule has 4 nitrogen and oxygen atoms in total. The van der Waals surface area contributed by atoms with Gasteiger partial charge in [0.05, 0.1) is 6.61 Å². The molecule has 0 aliphatic heterocycles. The van der Waals surface area contributed by atoms with Gasteiger partial charge in [0.2, 0.25) is 0 Å². The van der Waals surface area contributed by atoms with E-state index in [9.17, 15) is 31.1 Å². The first-order chi connectivity index (χ1) is 9.45. The third kappa shape index (κ3) is 4.89. The average Bonchev–Trinajstić information content (AvgIpc) is 2.24. The van der Waals surface area contributed by atoms with E-state index in [1.54, 1.807) is 0 Å². The summed E-state index contributed by atoms with van der Waals surface area (Å²) in [4.78, 5) is 14.6. The first-order valence-electron chi connectivity index (χ1n) is 5.16. The summed E-state index contributed by atoms with van der Waals surface area (Å²) in [6, 6.07) is 0.00189. The monoisotopic (exact) mass is 429 g/mol. The number of esters is 1. The summed E-state index contributed by atoms with van der Waals surface area (Å²) >= 11 is 1.20. The molecule has 1 heterocycles. The number of ether oxygens (including phenoxy) is 2. The van der Waals surface area contributed by atoms with Crippen LogP contribution in [0.1, 0.15) is 23.0 Å². The molecule has 0 spiro atoms. The number of rotatable bonds is 3. The maximum Gasteiger partial charge on any atom is 0.573 e. The lowest BCUT2D eigenvalue weighted by Crippen LogP contribution is -2.22. The average molecular weight is 429 g/mol. The third-order valence-corrected chi connectivity index (χ3v) is 2.72. The third-order valence-electron chi connectivity index (χ3n) is 1.93. The van der Waals surface area contributed by atoms with Crippen molar-refractivity contribution in [1.82, 2.24) is 4.98 Å². The molecule has 21 heavy (non-hydrogen) atoms. The number of aromatic nitrogens is 1. The predicted molar refractivity (Wildman–Crippen MR) is 64.6 cm³/mol. The van der Waals surface area contributed by atoms with Crippen LogP contribution in [-0.2, 0) is 10.9 Å². The number of carbonyl (C=O) groups is 1. The normalized spacial score (nSPS) is 12.2. The molecule has 0 aromatic carbocycles. The fraction of sp³-hybridized carbons (Fsp3) is 0.400. The molecule has 1 rings (SSSR count). The second kappa shape index (κ2) is 6.23. The number of alkyl halides is 6. The van der Waals surface area contributed by atoms with Gasteiger partial charge in [0.1, 0.15) is 20.7 Å². The van der Waals surface area contributed by atoms with E-state index in [4.69, 9.17) is 0 Å². The minimum absolute atomic E-state index is 0.00189. The molecule has 1 aromatic rings. The molecule has 0 bridgehead atoms. The van der Waals surface area contributed by atoms with Gasteiger partial charge in [-0.3, -0.25) is 0 Å². The summed E-state index contributed by atoms with van der Waals surface area (Å²) in [5, 5.41) is 0. The second-order valence-corrected chi connectivity index (χ2v) is 4.46. The van der Waals surface area contributed by atoms with Crippen molar-refractivity contribution in [3.63, 3.8) is 0 Å². The van der Waals surface area contributed by atoms with Gasteiger partial charge < -0.3 is 9.47 Å². The van der Waals surface area contributed by atoms with Gasteiger partial charge in [0.15, 0.2) is 0 Å². The molecule has 0 radical (unpaired) electrons. The van der Waals surface area contributed by atoms with Crippen LogP contribution in [0.2, 0.25) is 0 Å². The highest BCUT2D eigenvalue weighted by atomic mass is 127. The predicted octanol–water partition coefficient (Wildman–Crippen LogP) is 3.78. The Morgan fingerprint density at radius 3 is 2.29 bits per heavy atom. The van der Waals surface area contributed by atoms with E-state index in [0.29, 0.717) is 0 Å². The largest absolute Gasteiger partial charge is 0.573 e. The minimum Gasteiger partial charge on any atom is -0.462 e. The molecule has 0 amide bonds. The first kappa shape index (κ1) is 17.8. The van der Waals surface area contributed by atoms with Crippen LogP contribution in [0.3, 0.4) is 0 Å². The zero-order chi connectivity index (χ0) is 16.4. The Kier molecular flexibility index (Phi) is 5.28. The van der Waals surface area contributed by atoms with Crippen LogP contribution in [0, 0.1) is 3.70 Å². The van der Waals surface area contributed by atoms with Crippen LogP contribution in [-0.4, -0.2) is 23.9 Å². The first-order valence-corrected chi connectivity index (χ1v) is 6.24. The maximum atomic E-state index is 12.5. The van der Waals surface area contributed by atoms with Crippen molar-refractivity contribution in [1.29, 1.82) is 0 Å². The second-order valence-electron chi connectivity index (χ2n) is 3.44. The van der Waals surface area contributed by atoms with Crippen molar-refractivity contribution in [3.05, 3.63) is 21.0 Å². The maximum absolute atomic E-state index is 12.5. The quantitative estimate of drug-likeness (QED) is 0.318.